The van der Waals surface area contributed by atoms with E-state index in [-0.39, 0.29) is 0 Å². The summed E-state index contributed by atoms with van der Waals surface area (Å²) in [5.74, 6) is -0.747. The van der Waals surface area contributed by atoms with Crippen molar-refractivity contribution in [3.05, 3.63) is 23.9 Å². The van der Waals surface area contributed by atoms with Gasteiger partial charge in [-0.05, 0) is 32.5 Å². The van der Waals surface area contributed by atoms with E-state index in [1.807, 2.05) is 18.4 Å². The van der Waals surface area contributed by atoms with Gasteiger partial charge < -0.3 is 10.4 Å². The first kappa shape index (κ1) is 9.84. The van der Waals surface area contributed by atoms with Gasteiger partial charge in [0.15, 0.2) is 0 Å². The van der Waals surface area contributed by atoms with Crippen LogP contribution in [-0.2, 0) is 4.79 Å². The Morgan fingerprint density at radius 2 is 2.38 bits per heavy atom. The van der Waals surface area contributed by atoms with E-state index in [9.17, 15) is 4.79 Å². The topological polar surface area (TPSA) is 49.3 Å². The van der Waals surface area contributed by atoms with E-state index in [0.29, 0.717) is 6.42 Å². The third kappa shape index (κ3) is 2.61. The summed E-state index contributed by atoms with van der Waals surface area (Å²) in [6.07, 6.45) is 6.33. The van der Waals surface area contributed by atoms with Gasteiger partial charge in [-0.3, -0.25) is 4.79 Å². The van der Waals surface area contributed by atoms with Gasteiger partial charge in [0.2, 0.25) is 0 Å². The average Bonchev–Trinajstić information content (AvgIpc) is 2.05. The number of allylic oxidation sites excluding steroid dienone is 2. The predicted octanol–water partition coefficient (Wildman–Crippen LogP) is 1.53. The largest absolute Gasteiger partial charge is 0.481 e. The molecule has 0 aromatic rings. The van der Waals surface area contributed by atoms with Crippen LogP contribution in [0.5, 0.6) is 0 Å². The maximum absolute atomic E-state index is 10.8. The van der Waals surface area contributed by atoms with Crippen molar-refractivity contribution in [1.82, 2.24) is 5.32 Å². The van der Waals surface area contributed by atoms with Crippen LogP contribution in [0, 0.1) is 5.41 Å². The molecule has 3 heteroatoms. The van der Waals surface area contributed by atoms with Gasteiger partial charge in [0.1, 0.15) is 0 Å². The predicted molar refractivity (Wildman–Crippen MR) is 51.3 cm³/mol. The number of dihydropyridines is 1. The fourth-order valence-corrected chi connectivity index (χ4v) is 1.27. The van der Waals surface area contributed by atoms with Crippen molar-refractivity contribution in [2.75, 3.05) is 6.54 Å². The van der Waals surface area contributed by atoms with E-state index in [0.717, 1.165) is 12.1 Å². The molecule has 3 nitrogen and oxygen atoms in total. The molecule has 0 aromatic heterocycles. The lowest BCUT2D eigenvalue weighted by Gasteiger charge is -2.21. The number of aliphatic carboxylic acids is 1. The van der Waals surface area contributed by atoms with Gasteiger partial charge in [-0.2, -0.15) is 0 Å². The van der Waals surface area contributed by atoms with Crippen molar-refractivity contribution in [1.29, 1.82) is 0 Å². The zero-order valence-electron chi connectivity index (χ0n) is 8.00. The highest BCUT2D eigenvalue weighted by atomic mass is 16.4. The van der Waals surface area contributed by atoms with Crippen molar-refractivity contribution in [3.63, 3.8) is 0 Å². The second kappa shape index (κ2) is 3.64. The molecule has 1 rings (SSSR count). The van der Waals surface area contributed by atoms with Gasteiger partial charge in [0.05, 0.1) is 5.41 Å². The summed E-state index contributed by atoms with van der Waals surface area (Å²) in [7, 11) is 0. The number of rotatable bonds is 3. The third-order valence-corrected chi connectivity index (χ3v) is 2.12. The van der Waals surface area contributed by atoms with Gasteiger partial charge in [-0.25, -0.2) is 0 Å². The zero-order valence-corrected chi connectivity index (χ0v) is 8.00. The SMILES string of the molecule is CC(C)(CC1=CC=CNC1)C(=O)O. The van der Waals surface area contributed by atoms with Crippen LogP contribution < -0.4 is 5.32 Å². The van der Waals surface area contributed by atoms with Crippen molar-refractivity contribution in [3.8, 4) is 0 Å². The Morgan fingerprint density at radius 1 is 1.69 bits per heavy atom. The van der Waals surface area contributed by atoms with Crippen molar-refractivity contribution in [2.45, 2.75) is 20.3 Å². The number of hydrogen-bond donors (Lipinski definition) is 2. The number of nitrogens with one attached hydrogen (secondary N) is 1. The van der Waals surface area contributed by atoms with E-state index in [4.69, 9.17) is 5.11 Å². The standard InChI is InChI=1S/C10H15NO2/c1-10(2,9(12)13)6-8-4-3-5-11-7-8/h3-5,11H,6-7H2,1-2H3,(H,12,13). The highest BCUT2D eigenvalue weighted by molar-refractivity contribution is 5.74. The molecule has 1 heterocycles. The lowest BCUT2D eigenvalue weighted by molar-refractivity contribution is -0.146. The Kier molecular flexibility index (Phi) is 2.76. The van der Waals surface area contributed by atoms with Gasteiger partial charge in [0.25, 0.3) is 0 Å². The quantitative estimate of drug-likeness (QED) is 0.694. The minimum Gasteiger partial charge on any atom is -0.481 e. The van der Waals surface area contributed by atoms with Crippen molar-refractivity contribution in [2.24, 2.45) is 5.41 Å². The minimum atomic E-state index is -0.747. The number of carboxylic acids is 1. The lowest BCUT2D eigenvalue weighted by atomic mass is 9.85. The van der Waals surface area contributed by atoms with Crippen LogP contribution in [0.2, 0.25) is 0 Å². The van der Waals surface area contributed by atoms with Crippen LogP contribution >= 0.6 is 0 Å². The molecule has 0 saturated heterocycles. The van der Waals surface area contributed by atoms with E-state index >= 15 is 0 Å². The summed E-state index contributed by atoms with van der Waals surface area (Å²) >= 11 is 0. The summed E-state index contributed by atoms with van der Waals surface area (Å²) in [6, 6.07) is 0. The van der Waals surface area contributed by atoms with Gasteiger partial charge >= 0.3 is 5.97 Å². The molecular formula is C10H15NO2. The monoisotopic (exact) mass is 181 g/mol. The molecule has 1 aliphatic heterocycles. The van der Waals surface area contributed by atoms with Crippen LogP contribution in [-0.4, -0.2) is 17.6 Å². The molecule has 0 fully saturated rings. The Balaban J connectivity index is 2.62. The number of carbonyl (C=O) groups is 1. The van der Waals surface area contributed by atoms with E-state index in [2.05, 4.69) is 5.32 Å². The minimum absolute atomic E-state index is 0.597. The maximum atomic E-state index is 10.8. The number of hydrogen-bond acceptors (Lipinski definition) is 2. The molecule has 2 N–H and O–H groups in total. The Morgan fingerprint density at radius 3 is 2.85 bits per heavy atom. The molecule has 0 bridgehead atoms. The molecule has 0 amide bonds. The second-order valence-corrected chi connectivity index (χ2v) is 3.93. The summed E-state index contributed by atoms with van der Waals surface area (Å²) in [4.78, 5) is 10.8. The summed E-state index contributed by atoms with van der Waals surface area (Å²) < 4.78 is 0. The molecule has 0 saturated carbocycles. The molecule has 72 valence electrons. The maximum Gasteiger partial charge on any atom is 0.309 e. The van der Waals surface area contributed by atoms with Gasteiger partial charge in [0, 0.05) is 6.54 Å². The van der Waals surface area contributed by atoms with Crippen LogP contribution in [0.1, 0.15) is 20.3 Å². The van der Waals surface area contributed by atoms with Crippen molar-refractivity contribution < 1.29 is 9.90 Å². The molecule has 13 heavy (non-hydrogen) atoms. The molecule has 0 atom stereocenters. The smallest absolute Gasteiger partial charge is 0.309 e. The summed E-state index contributed by atoms with van der Waals surface area (Å²) in [6.45, 7) is 4.25. The second-order valence-electron chi connectivity index (χ2n) is 3.93. The number of carboxylic acid groups (broad SMARTS) is 1. The van der Waals surface area contributed by atoms with E-state index in [1.165, 1.54) is 0 Å². The van der Waals surface area contributed by atoms with Crippen LogP contribution in [0.15, 0.2) is 23.9 Å². The highest BCUT2D eigenvalue weighted by Gasteiger charge is 2.28. The molecule has 0 spiro atoms. The van der Waals surface area contributed by atoms with E-state index < -0.39 is 11.4 Å². The molecule has 0 unspecified atom stereocenters. The van der Waals surface area contributed by atoms with Crippen LogP contribution in [0.4, 0.5) is 0 Å². The summed E-state index contributed by atoms with van der Waals surface area (Å²) in [5.41, 5.74) is 0.466. The third-order valence-electron chi connectivity index (χ3n) is 2.12. The van der Waals surface area contributed by atoms with E-state index in [1.54, 1.807) is 13.8 Å². The van der Waals surface area contributed by atoms with Gasteiger partial charge in [-0.15, -0.1) is 0 Å². The molecular weight excluding hydrogens is 166 g/mol. The van der Waals surface area contributed by atoms with Crippen molar-refractivity contribution >= 4 is 5.97 Å². The zero-order chi connectivity index (χ0) is 9.90. The van der Waals surface area contributed by atoms with Crippen LogP contribution in [0.3, 0.4) is 0 Å². The first-order valence-electron chi connectivity index (χ1n) is 4.34. The first-order valence-corrected chi connectivity index (χ1v) is 4.34. The molecule has 0 aromatic carbocycles. The summed E-state index contributed by atoms with van der Waals surface area (Å²) in [5, 5.41) is 12.0. The first-order chi connectivity index (χ1) is 6.02. The highest BCUT2D eigenvalue weighted by Crippen LogP contribution is 2.25. The molecule has 0 aliphatic carbocycles. The molecule has 0 radical (unpaired) electrons. The molecule has 1 aliphatic rings. The van der Waals surface area contributed by atoms with Gasteiger partial charge in [-0.1, -0.05) is 11.6 Å². The Bertz CT molecular complexity index is 264. The fourth-order valence-electron chi connectivity index (χ4n) is 1.27. The average molecular weight is 181 g/mol. The Labute approximate surface area is 78.1 Å². The van der Waals surface area contributed by atoms with Crippen LogP contribution in [0.25, 0.3) is 0 Å². The Hall–Kier alpha value is -1.25. The fraction of sp³-hybridized carbons (Fsp3) is 0.500. The normalized spacial score (nSPS) is 16.3. The lowest BCUT2D eigenvalue weighted by Crippen LogP contribution is -2.26.